The highest BCUT2D eigenvalue weighted by Crippen LogP contribution is 2.26. The number of rotatable bonds is 1. The number of hydrogen-bond donors (Lipinski definition) is 1. The molecular weight excluding hydrogens is 196 g/mol. The summed E-state index contributed by atoms with van der Waals surface area (Å²) in [5, 5.41) is 3.75. The molecular formula is C9H14N4O2. The molecule has 2 heterocycles. The van der Waals surface area contributed by atoms with E-state index in [1.807, 2.05) is 0 Å². The fourth-order valence-electron chi connectivity index (χ4n) is 1.83. The van der Waals surface area contributed by atoms with E-state index < -0.39 is 0 Å². The lowest BCUT2D eigenvalue weighted by atomic mass is 9.97. The van der Waals surface area contributed by atoms with Crippen LogP contribution in [0.3, 0.4) is 0 Å². The molecule has 1 fully saturated rings. The standard InChI is InChI=1S/C9H14N4O2/c1-6-11-8(15-12-6)7-2-4-13(5-3-7)9(10)14/h7H,2-5H2,1H3,(H2,10,14). The number of carbonyl (C=O) groups excluding carboxylic acids is 1. The van der Waals surface area contributed by atoms with Gasteiger partial charge in [0.1, 0.15) is 0 Å². The molecule has 0 spiro atoms. The first kappa shape index (κ1) is 9.95. The summed E-state index contributed by atoms with van der Waals surface area (Å²) < 4.78 is 5.10. The number of hydrogen-bond acceptors (Lipinski definition) is 4. The van der Waals surface area contributed by atoms with Crippen molar-refractivity contribution >= 4 is 6.03 Å². The van der Waals surface area contributed by atoms with Crippen molar-refractivity contribution in [2.45, 2.75) is 25.7 Å². The van der Waals surface area contributed by atoms with Crippen LogP contribution < -0.4 is 5.73 Å². The SMILES string of the molecule is Cc1noc(C2CCN(C(N)=O)CC2)n1. The minimum atomic E-state index is -0.352. The molecule has 2 amide bonds. The summed E-state index contributed by atoms with van der Waals surface area (Å²) in [6.07, 6.45) is 1.68. The van der Waals surface area contributed by atoms with Gasteiger partial charge in [-0.3, -0.25) is 0 Å². The van der Waals surface area contributed by atoms with Crippen molar-refractivity contribution < 1.29 is 9.32 Å². The maximum Gasteiger partial charge on any atom is 0.314 e. The quantitative estimate of drug-likeness (QED) is 0.736. The van der Waals surface area contributed by atoms with Crippen LogP contribution in [0.5, 0.6) is 0 Å². The molecule has 0 bridgehead atoms. The summed E-state index contributed by atoms with van der Waals surface area (Å²) in [5.41, 5.74) is 5.19. The van der Waals surface area contributed by atoms with Crippen LogP contribution in [-0.4, -0.2) is 34.2 Å². The number of primary amides is 1. The first-order valence-corrected chi connectivity index (χ1v) is 5.01. The van der Waals surface area contributed by atoms with Crippen molar-refractivity contribution in [2.75, 3.05) is 13.1 Å². The van der Waals surface area contributed by atoms with E-state index in [9.17, 15) is 4.79 Å². The van der Waals surface area contributed by atoms with Crippen LogP contribution in [0.2, 0.25) is 0 Å². The second kappa shape index (κ2) is 3.88. The van der Waals surface area contributed by atoms with Gasteiger partial charge >= 0.3 is 6.03 Å². The van der Waals surface area contributed by atoms with Crippen molar-refractivity contribution in [3.63, 3.8) is 0 Å². The summed E-state index contributed by atoms with van der Waals surface area (Å²) in [7, 11) is 0. The maximum atomic E-state index is 10.9. The Morgan fingerprint density at radius 3 is 2.67 bits per heavy atom. The third kappa shape index (κ3) is 2.08. The zero-order valence-corrected chi connectivity index (χ0v) is 8.64. The number of nitrogens with two attached hydrogens (primary N) is 1. The lowest BCUT2D eigenvalue weighted by Gasteiger charge is -2.28. The lowest BCUT2D eigenvalue weighted by Crippen LogP contribution is -2.41. The first-order chi connectivity index (χ1) is 7.16. The van der Waals surface area contributed by atoms with Crippen molar-refractivity contribution in [3.8, 4) is 0 Å². The van der Waals surface area contributed by atoms with Gasteiger partial charge in [0.05, 0.1) is 0 Å². The van der Waals surface area contributed by atoms with Crippen LogP contribution in [0.4, 0.5) is 4.79 Å². The number of amides is 2. The second-order valence-electron chi connectivity index (χ2n) is 3.78. The van der Waals surface area contributed by atoms with Crippen molar-refractivity contribution in [1.82, 2.24) is 15.0 Å². The van der Waals surface area contributed by atoms with E-state index in [-0.39, 0.29) is 11.9 Å². The largest absolute Gasteiger partial charge is 0.351 e. The van der Waals surface area contributed by atoms with E-state index in [1.54, 1.807) is 11.8 Å². The first-order valence-electron chi connectivity index (χ1n) is 5.01. The Labute approximate surface area is 87.4 Å². The molecule has 0 saturated carbocycles. The van der Waals surface area contributed by atoms with Gasteiger partial charge in [0.2, 0.25) is 5.89 Å². The molecule has 0 atom stereocenters. The van der Waals surface area contributed by atoms with Gasteiger partial charge in [0.15, 0.2) is 5.82 Å². The van der Waals surface area contributed by atoms with E-state index in [4.69, 9.17) is 10.3 Å². The highest BCUT2D eigenvalue weighted by Gasteiger charge is 2.25. The molecule has 0 aliphatic carbocycles. The molecule has 1 saturated heterocycles. The summed E-state index contributed by atoms with van der Waals surface area (Å²) >= 11 is 0. The lowest BCUT2D eigenvalue weighted by molar-refractivity contribution is 0.184. The third-order valence-electron chi connectivity index (χ3n) is 2.70. The Morgan fingerprint density at radius 2 is 2.20 bits per heavy atom. The molecule has 2 rings (SSSR count). The van der Waals surface area contributed by atoms with Gasteiger partial charge in [-0.2, -0.15) is 4.98 Å². The fourth-order valence-corrected chi connectivity index (χ4v) is 1.83. The predicted molar refractivity (Wildman–Crippen MR) is 52.2 cm³/mol. The molecule has 1 aromatic rings. The van der Waals surface area contributed by atoms with Crippen LogP contribution in [0.1, 0.15) is 30.5 Å². The molecule has 6 heteroatoms. The Balaban J connectivity index is 1.96. The highest BCUT2D eigenvalue weighted by atomic mass is 16.5. The Kier molecular flexibility index (Phi) is 2.57. The summed E-state index contributed by atoms with van der Waals surface area (Å²) in [5.74, 6) is 1.60. The van der Waals surface area contributed by atoms with Crippen molar-refractivity contribution in [1.29, 1.82) is 0 Å². The molecule has 1 aliphatic rings. The molecule has 15 heavy (non-hydrogen) atoms. The minimum absolute atomic E-state index is 0.266. The Bertz CT molecular complexity index is 355. The number of aromatic nitrogens is 2. The summed E-state index contributed by atoms with van der Waals surface area (Å²) in [6, 6.07) is -0.352. The van der Waals surface area contributed by atoms with Crippen LogP contribution in [0.25, 0.3) is 0 Å². The topological polar surface area (TPSA) is 85.3 Å². The number of aryl methyl sites for hydroxylation is 1. The number of carbonyl (C=O) groups is 1. The molecule has 0 aromatic carbocycles. The second-order valence-corrected chi connectivity index (χ2v) is 3.78. The van der Waals surface area contributed by atoms with Crippen LogP contribution in [0, 0.1) is 6.92 Å². The number of nitrogens with zero attached hydrogens (tertiary/aromatic N) is 3. The van der Waals surface area contributed by atoms with Gasteiger partial charge in [-0.1, -0.05) is 5.16 Å². The molecule has 0 radical (unpaired) electrons. The van der Waals surface area contributed by atoms with E-state index in [0.29, 0.717) is 24.8 Å². The van der Waals surface area contributed by atoms with Crippen LogP contribution >= 0.6 is 0 Å². The van der Waals surface area contributed by atoms with E-state index in [0.717, 1.165) is 12.8 Å². The Hall–Kier alpha value is -1.59. The highest BCUT2D eigenvalue weighted by molar-refractivity contribution is 5.72. The Morgan fingerprint density at radius 1 is 1.53 bits per heavy atom. The monoisotopic (exact) mass is 210 g/mol. The van der Waals surface area contributed by atoms with Gasteiger partial charge in [-0.25, -0.2) is 4.79 Å². The zero-order chi connectivity index (χ0) is 10.8. The van der Waals surface area contributed by atoms with Crippen LogP contribution in [-0.2, 0) is 0 Å². The molecule has 1 aliphatic heterocycles. The van der Waals surface area contributed by atoms with E-state index in [1.165, 1.54) is 0 Å². The number of likely N-dealkylation sites (tertiary alicyclic amines) is 1. The van der Waals surface area contributed by atoms with Gasteiger partial charge < -0.3 is 15.2 Å². The third-order valence-corrected chi connectivity index (χ3v) is 2.70. The minimum Gasteiger partial charge on any atom is -0.351 e. The van der Waals surface area contributed by atoms with Gasteiger partial charge in [0.25, 0.3) is 0 Å². The van der Waals surface area contributed by atoms with Crippen molar-refractivity contribution in [2.24, 2.45) is 5.73 Å². The van der Waals surface area contributed by atoms with E-state index in [2.05, 4.69) is 10.1 Å². The van der Waals surface area contributed by atoms with Gasteiger partial charge in [-0.05, 0) is 19.8 Å². The van der Waals surface area contributed by atoms with Gasteiger partial charge in [-0.15, -0.1) is 0 Å². The number of urea groups is 1. The van der Waals surface area contributed by atoms with Crippen molar-refractivity contribution in [3.05, 3.63) is 11.7 Å². The maximum absolute atomic E-state index is 10.9. The zero-order valence-electron chi connectivity index (χ0n) is 8.64. The van der Waals surface area contributed by atoms with E-state index >= 15 is 0 Å². The molecule has 82 valence electrons. The molecule has 1 aromatic heterocycles. The van der Waals surface area contributed by atoms with Gasteiger partial charge in [0, 0.05) is 19.0 Å². The summed E-state index contributed by atoms with van der Waals surface area (Å²) in [4.78, 5) is 16.7. The fraction of sp³-hybridized carbons (Fsp3) is 0.667. The average Bonchev–Trinajstić information content (AvgIpc) is 2.65. The summed E-state index contributed by atoms with van der Waals surface area (Å²) in [6.45, 7) is 3.13. The number of piperidine rings is 1. The smallest absolute Gasteiger partial charge is 0.314 e. The van der Waals surface area contributed by atoms with Crippen LogP contribution in [0.15, 0.2) is 4.52 Å². The molecule has 6 nitrogen and oxygen atoms in total. The average molecular weight is 210 g/mol. The predicted octanol–water partition coefficient (Wildman–Crippen LogP) is 0.636. The molecule has 2 N–H and O–H groups in total. The normalized spacial score (nSPS) is 18.1. The molecule has 0 unspecified atom stereocenters.